The number of nitrogens with two attached hydrogens (primary N) is 3. The lowest BCUT2D eigenvalue weighted by atomic mass is 9.84. The van der Waals surface area contributed by atoms with Crippen molar-refractivity contribution in [3.63, 3.8) is 0 Å². The average molecular weight is 391 g/mol. The molecule has 2 saturated heterocycles. The van der Waals surface area contributed by atoms with Gasteiger partial charge in [0, 0.05) is 6.04 Å². The van der Waals surface area contributed by atoms with Crippen molar-refractivity contribution < 1.29 is 39.1 Å². The number of hydrogen-bond donors (Lipinski definition) is 8. The number of hydrogen-bond acceptors (Lipinski definition) is 10. The monoisotopic (exact) mass is 391 g/mol. The number of primary amides is 1. The Kier molecular flexibility index (Phi) is 5.71. The van der Waals surface area contributed by atoms with Crippen LogP contribution < -0.4 is 27.8 Å². The van der Waals surface area contributed by atoms with E-state index in [0.717, 1.165) is 0 Å². The Labute approximate surface area is 154 Å². The molecule has 0 aromatic heterocycles. The minimum atomic E-state index is -1.46. The number of carbonyl (C=O) groups excluding carboxylic acids is 2. The molecule has 11 N–H and O–H groups in total. The zero-order valence-electron chi connectivity index (χ0n) is 14.3. The minimum absolute atomic E-state index is 0.0830. The maximum absolute atomic E-state index is 11.3. The molecule has 10 atom stereocenters. The molecule has 1 saturated carbocycles. The summed E-state index contributed by atoms with van der Waals surface area (Å²) in [5.74, 6) is 0. The summed E-state index contributed by atoms with van der Waals surface area (Å²) in [5.41, 5.74) is 17.0. The predicted molar refractivity (Wildman–Crippen MR) is 86.9 cm³/mol. The molecule has 0 bridgehead atoms. The lowest BCUT2D eigenvalue weighted by molar-refractivity contribution is -0.291. The van der Waals surface area contributed by atoms with E-state index >= 15 is 0 Å². The molecule has 0 radical (unpaired) electrons. The zero-order valence-corrected chi connectivity index (χ0v) is 14.3. The normalized spacial score (nSPS) is 47.4. The Morgan fingerprint density at radius 2 is 1.93 bits per heavy atom. The average Bonchev–Trinajstić information content (AvgIpc) is 2.60. The van der Waals surface area contributed by atoms with E-state index in [1.165, 1.54) is 0 Å². The zero-order chi connectivity index (χ0) is 19.9. The van der Waals surface area contributed by atoms with Crippen molar-refractivity contribution in [3.05, 3.63) is 0 Å². The molecule has 154 valence electrons. The van der Waals surface area contributed by atoms with Crippen molar-refractivity contribution in [1.29, 1.82) is 0 Å². The number of aliphatic hydroxyl groups is 3. The Bertz CT molecular complexity index is 580. The van der Waals surface area contributed by atoms with Gasteiger partial charge in [0.05, 0.1) is 18.6 Å². The van der Waals surface area contributed by atoms with Gasteiger partial charge in [-0.3, -0.25) is 0 Å². The summed E-state index contributed by atoms with van der Waals surface area (Å²) >= 11 is 0. The van der Waals surface area contributed by atoms with Crippen molar-refractivity contribution in [2.75, 3.05) is 6.54 Å². The van der Waals surface area contributed by atoms with Gasteiger partial charge in [0.2, 0.25) is 0 Å². The van der Waals surface area contributed by atoms with Gasteiger partial charge in [0.25, 0.3) is 0 Å². The van der Waals surface area contributed by atoms with Gasteiger partial charge < -0.3 is 57.4 Å². The smallest absolute Gasteiger partial charge is 0.407 e. The lowest BCUT2D eigenvalue weighted by Crippen LogP contribution is -2.70. The Morgan fingerprint density at radius 1 is 1.22 bits per heavy atom. The van der Waals surface area contributed by atoms with Crippen LogP contribution in [0, 0.1) is 0 Å². The molecule has 0 aromatic carbocycles. The first kappa shape index (κ1) is 20.0. The highest BCUT2D eigenvalue weighted by atomic mass is 16.7. The van der Waals surface area contributed by atoms with Crippen LogP contribution in [0.1, 0.15) is 6.42 Å². The second kappa shape index (κ2) is 7.71. The van der Waals surface area contributed by atoms with Crippen molar-refractivity contribution in [2.24, 2.45) is 17.2 Å². The molecule has 2 aliphatic heterocycles. The van der Waals surface area contributed by atoms with Gasteiger partial charge in [-0.15, -0.1) is 0 Å². The first-order valence-electron chi connectivity index (χ1n) is 8.55. The van der Waals surface area contributed by atoms with Gasteiger partial charge in [0.1, 0.15) is 30.5 Å². The predicted octanol–water partition coefficient (Wildman–Crippen LogP) is -4.62. The molecular formula is C14H25N5O8. The topological polar surface area (TPSA) is 225 Å². The molecule has 3 rings (SSSR count). The maximum Gasteiger partial charge on any atom is 0.407 e. The Balaban J connectivity index is 1.67. The summed E-state index contributed by atoms with van der Waals surface area (Å²) in [5, 5.41) is 35.6. The van der Waals surface area contributed by atoms with E-state index in [1.54, 1.807) is 0 Å². The molecule has 2 heterocycles. The molecular weight excluding hydrogens is 366 g/mol. The number of urea groups is 1. The van der Waals surface area contributed by atoms with Crippen LogP contribution in [-0.4, -0.2) is 95.0 Å². The minimum Gasteiger partial charge on any atom is -0.441 e. The fourth-order valence-corrected chi connectivity index (χ4v) is 3.64. The van der Waals surface area contributed by atoms with Gasteiger partial charge in [0.15, 0.2) is 12.4 Å². The lowest BCUT2D eigenvalue weighted by Gasteiger charge is -2.47. The third-order valence-corrected chi connectivity index (χ3v) is 5.08. The van der Waals surface area contributed by atoms with Crippen molar-refractivity contribution >= 4 is 12.1 Å². The van der Waals surface area contributed by atoms with E-state index in [1.807, 2.05) is 0 Å². The number of alkyl carbamates (subject to hydrolysis) is 1. The summed E-state index contributed by atoms with van der Waals surface area (Å²) in [7, 11) is 0. The standard InChI is InChI=1S/C14H25N5O8/c15-3-1-4(19-13(17)23)7(20)9(22)10(3)26-12-6(16)8(21)11-5(25-12)2-18-14(24)27-11/h3-12,20-22H,1-2,15-16H2,(H,18,24)(H3,17,19,23)/t3-,4+,5-,6-,7-,8-,9+,10+,11-,12-/m1/s1. The summed E-state index contributed by atoms with van der Waals surface area (Å²) in [6.45, 7) is 0.0830. The molecule has 13 heteroatoms. The number of fused-ring (bicyclic) bond motifs is 1. The molecule has 27 heavy (non-hydrogen) atoms. The molecule has 1 aliphatic carbocycles. The molecule has 3 amide bonds. The number of amides is 3. The first-order valence-corrected chi connectivity index (χ1v) is 8.55. The van der Waals surface area contributed by atoms with E-state index in [0.29, 0.717) is 0 Å². The highest BCUT2D eigenvalue weighted by Crippen LogP contribution is 2.29. The Hall–Kier alpha value is -1.74. The van der Waals surface area contributed by atoms with Crippen molar-refractivity contribution in [2.45, 2.75) is 67.5 Å². The largest absolute Gasteiger partial charge is 0.441 e. The quantitative estimate of drug-likeness (QED) is 0.229. The highest BCUT2D eigenvalue weighted by Gasteiger charge is 2.51. The van der Waals surface area contributed by atoms with Crippen LogP contribution in [-0.2, 0) is 14.2 Å². The molecule has 3 fully saturated rings. The number of rotatable bonds is 3. The number of carbonyl (C=O) groups is 2. The molecule has 0 unspecified atom stereocenters. The summed E-state index contributed by atoms with van der Waals surface area (Å²) in [6, 6.07) is -3.57. The summed E-state index contributed by atoms with van der Waals surface area (Å²) in [4.78, 5) is 22.3. The Morgan fingerprint density at radius 3 is 2.59 bits per heavy atom. The fraction of sp³-hybridized carbons (Fsp3) is 0.857. The van der Waals surface area contributed by atoms with Crippen LogP contribution in [0.5, 0.6) is 0 Å². The van der Waals surface area contributed by atoms with Gasteiger partial charge >= 0.3 is 12.1 Å². The van der Waals surface area contributed by atoms with Crippen LogP contribution in [0.3, 0.4) is 0 Å². The number of ether oxygens (including phenoxy) is 3. The van der Waals surface area contributed by atoms with Crippen LogP contribution in [0.25, 0.3) is 0 Å². The van der Waals surface area contributed by atoms with Crippen molar-refractivity contribution in [1.82, 2.24) is 10.6 Å². The van der Waals surface area contributed by atoms with Crippen LogP contribution >= 0.6 is 0 Å². The number of nitrogens with one attached hydrogen (secondary N) is 2. The van der Waals surface area contributed by atoms with Gasteiger partial charge in [-0.2, -0.15) is 0 Å². The van der Waals surface area contributed by atoms with E-state index < -0.39 is 73.2 Å². The van der Waals surface area contributed by atoms with E-state index in [4.69, 9.17) is 31.4 Å². The van der Waals surface area contributed by atoms with E-state index in [9.17, 15) is 24.9 Å². The fourth-order valence-electron chi connectivity index (χ4n) is 3.64. The first-order chi connectivity index (χ1) is 12.7. The molecule has 0 aromatic rings. The van der Waals surface area contributed by atoms with E-state index in [2.05, 4.69) is 10.6 Å². The second-order valence-corrected chi connectivity index (χ2v) is 6.96. The van der Waals surface area contributed by atoms with Crippen LogP contribution in [0.15, 0.2) is 0 Å². The maximum atomic E-state index is 11.3. The SMILES string of the molecule is NC(=O)N[C@H]1C[C@@H](N)[C@H](O[C@H]2O[C@@H]3CNC(=O)O[C@H]3[C@H](O)[C@H]2N)[C@@H](O)[C@@H]1O. The van der Waals surface area contributed by atoms with Gasteiger partial charge in [-0.05, 0) is 6.42 Å². The van der Waals surface area contributed by atoms with E-state index in [-0.39, 0.29) is 13.0 Å². The third-order valence-electron chi connectivity index (χ3n) is 5.08. The van der Waals surface area contributed by atoms with Crippen LogP contribution in [0.2, 0.25) is 0 Å². The second-order valence-electron chi connectivity index (χ2n) is 6.96. The molecule has 3 aliphatic rings. The van der Waals surface area contributed by atoms with Gasteiger partial charge in [-0.1, -0.05) is 0 Å². The number of aliphatic hydroxyl groups excluding tert-OH is 3. The van der Waals surface area contributed by atoms with Crippen LogP contribution in [0.4, 0.5) is 9.59 Å². The third kappa shape index (κ3) is 3.94. The summed E-state index contributed by atoms with van der Waals surface area (Å²) < 4.78 is 16.3. The van der Waals surface area contributed by atoms with Gasteiger partial charge in [-0.25, -0.2) is 9.59 Å². The summed E-state index contributed by atoms with van der Waals surface area (Å²) in [6.07, 6.45) is -8.61. The highest BCUT2D eigenvalue weighted by molar-refractivity contribution is 5.72. The molecule has 0 spiro atoms. The van der Waals surface area contributed by atoms with Crippen molar-refractivity contribution in [3.8, 4) is 0 Å². The molecule has 13 nitrogen and oxygen atoms in total.